The lowest BCUT2D eigenvalue weighted by atomic mass is 10.2. The predicted molar refractivity (Wildman–Crippen MR) is 72.1 cm³/mol. The molecule has 0 saturated heterocycles. The minimum atomic E-state index is -0.163. The summed E-state index contributed by atoms with van der Waals surface area (Å²) in [4.78, 5) is 13.5. The second kappa shape index (κ2) is 7.68. The maximum Gasteiger partial charge on any atom is 0.250 e. The second-order valence-electron chi connectivity index (χ2n) is 4.03. The van der Waals surface area contributed by atoms with E-state index in [1.165, 1.54) is 0 Å². The Morgan fingerprint density at radius 2 is 1.89 bits per heavy atom. The van der Waals surface area contributed by atoms with E-state index < -0.39 is 0 Å². The van der Waals surface area contributed by atoms with Crippen LogP contribution in [0.25, 0.3) is 0 Å². The average molecular weight is 252 g/mol. The van der Waals surface area contributed by atoms with Crippen LogP contribution in [0.4, 0.5) is 11.4 Å². The highest BCUT2D eigenvalue weighted by Gasteiger charge is 2.02. The van der Waals surface area contributed by atoms with Crippen molar-refractivity contribution in [1.82, 2.24) is 0 Å². The summed E-state index contributed by atoms with van der Waals surface area (Å²) in [6, 6.07) is 7.62. The molecular formula is C13H20N2O3. The van der Waals surface area contributed by atoms with E-state index in [1.54, 1.807) is 7.11 Å². The van der Waals surface area contributed by atoms with Gasteiger partial charge < -0.3 is 19.7 Å². The first-order valence-corrected chi connectivity index (χ1v) is 5.77. The van der Waals surface area contributed by atoms with E-state index in [2.05, 4.69) is 5.32 Å². The molecule has 1 amide bonds. The van der Waals surface area contributed by atoms with Gasteiger partial charge in [0.15, 0.2) is 0 Å². The molecule has 5 heteroatoms. The molecule has 0 saturated carbocycles. The molecule has 0 aliphatic carbocycles. The molecule has 0 fully saturated rings. The summed E-state index contributed by atoms with van der Waals surface area (Å²) in [5.41, 5.74) is 1.85. The normalized spacial score (nSPS) is 10.2. The standard InChI is InChI=1S/C13H20N2O3/c1-15(2)12-6-4-11(5-7-12)14-13(16)10-18-9-8-17-3/h4-7H,8-10H2,1-3H3,(H,14,16). The highest BCUT2D eigenvalue weighted by atomic mass is 16.5. The van der Waals surface area contributed by atoms with Crippen LogP contribution in [-0.4, -0.2) is 46.9 Å². The van der Waals surface area contributed by atoms with Crippen LogP contribution in [0.1, 0.15) is 0 Å². The van der Waals surface area contributed by atoms with Gasteiger partial charge in [0.05, 0.1) is 13.2 Å². The van der Waals surface area contributed by atoms with Gasteiger partial charge in [0, 0.05) is 32.6 Å². The van der Waals surface area contributed by atoms with Crippen LogP contribution in [0.3, 0.4) is 0 Å². The summed E-state index contributed by atoms with van der Waals surface area (Å²) in [6.45, 7) is 0.951. The van der Waals surface area contributed by atoms with Gasteiger partial charge in [0.2, 0.25) is 5.91 Å². The SMILES string of the molecule is COCCOCC(=O)Nc1ccc(N(C)C)cc1. The van der Waals surface area contributed by atoms with E-state index in [0.717, 1.165) is 11.4 Å². The molecule has 0 radical (unpaired) electrons. The molecule has 5 nitrogen and oxygen atoms in total. The number of nitrogens with zero attached hydrogens (tertiary/aromatic N) is 1. The van der Waals surface area contributed by atoms with Crippen LogP contribution in [0.15, 0.2) is 24.3 Å². The second-order valence-corrected chi connectivity index (χ2v) is 4.03. The summed E-state index contributed by atoms with van der Waals surface area (Å²) >= 11 is 0. The van der Waals surface area contributed by atoms with Crippen molar-refractivity contribution in [1.29, 1.82) is 0 Å². The first-order valence-electron chi connectivity index (χ1n) is 5.77. The number of carbonyl (C=O) groups is 1. The van der Waals surface area contributed by atoms with E-state index in [-0.39, 0.29) is 12.5 Å². The van der Waals surface area contributed by atoms with Gasteiger partial charge in [-0.3, -0.25) is 4.79 Å². The number of hydrogen-bond acceptors (Lipinski definition) is 4. The summed E-state index contributed by atoms with van der Waals surface area (Å²) in [6.07, 6.45) is 0. The fourth-order valence-corrected chi connectivity index (χ4v) is 1.35. The maximum absolute atomic E-state index is 11.5. The third kappa shape index (κ3) is 5.16. The van der Waals surface area contributed by atoms with Crippen molar-refractivity contribution in [2.75, 3.05) is 51.2 Å². The van der Waals surface area contributed by atoms with Crippen LogP contribution >= 0.6 is 0 Å². The molecule has 1 aromatic carbocycles. The lowest BCUT2D eigenvalue weighted by molar-refractivity contribution is -0.121. The Balaban J connectivity index is 2.35. The van der Waals surface area contributed by atoms with Crippen molar-refractivity contribution < 1.29 is 14.3 Å². The van der Waals surface area contributed by atoms with Crippen molar-refractivity contribution in [3.63, 3.8) is 0 Å². The van der Waals surface area contributed by atoms with Gasteiger partial charge >= 0.3 is 0 Å². The van der Waals surface area contributed by atoms with Gasteiger partial charge in [-0.15, -0.1) is 0 Å². The first-order chi connectivity index (χ1) is 8.63. The lowest BCUT2D eigenvalue weighted by Crippen LogP contribution is -2.19. The number of carbonyl (C=O) groups excluding carboxylic acids is 1. The molecule has 0 bridgehead atoms. The molecule has 1 N–H and O–H groups in total. The quantitative estimate of drug-likeness (QED) is 0.744. The number of benzene rings is 1. The Labute approximate surface area is 108 Å². The van der Waals surface area contributed by atoms with Crippen LogP contribution in [-0.2, 0) is 14.3 Å². The maximum atomic E-state index is 11.5. The van der Waals surface area contributed by atoms with Gasteiger partial charge in [-0.2, -0.15) is 0 Å². The van der Waals surface area contributed by atoms with Crippen LogP contribution in [0.2, 0.25) is 0 Å². The van der Waals surface area contributed by atoms with E-state index in [9.17, 15) is 4.79 Å². The molecule has 100 valence electrons. The first kappa shape index (κ1) is 14.5. The Hall–Kier alpha value is -1.59. The van der Waals surface area contributed by atoms with E-state index in [1.807, 2.05) is 43.3 Å². The third-order valence-corrected chi connectivity index (χ3v) is 2.33. The fourth-order valence-electron chi connectivity index (χ4n) is 1.35. The van der Waals surface area contributed by atoms with Gasteiger partial charge in [0.1, 0.15) is 6.61 Å². The molecule has 0 unspecified atom stereocenters. The summed E-state index contributed by atoms with van der Waals surface area (Å²) in [5, 5.41) is 2.76. The predicted octanol–water partition coefficient (Wildman–Crippen LogP) is 1.35. The molecule has 18 heavy (non-hydrogen) atoms. The minimum absolute atomic E-state index is 0.0405. The number of amides is 1. The topological polar surface area (TPSA) is 50.8 Å². The van der Waals surface area contributed by atoms with Crippen LogP contribution < -0.4 is 10.2 Å². The van der Waals surface area contributed by atoms with Crippen LogP contribution in [0, 0.1) is 0 Å². The van der Waals surface area contributed by atoms with Crippen molar-refractivity contribution in [2.45, 2.75) is 0 Å². The van der Waals surface area contributed by atoms with Gasteiger partial charge in [-0.25, -0.2) is 0 Å². The average Bonchev–Trinajstić information content (AvgIpc) is 2.35. The highest BCUT2D eigenvalue weighted by Crippen LogP contribution is 2.15. The lowest BCUT2D eigenvalue weighted by Gasteiger charge is -2.13. The molecule has 0 heterocycles. The molecule has 1 rings (SSSR count). The Morgan fingerprint density at radius 1 is 1.22 bits per heavy atom. The summed E-state index contributed by atoms with van der Waals surface area (Å²) in [7, 11) is 5.53. The van der Waals surface area contributed by atoms with Crippen molar-refractivity contribution in [3.8, 4) is 0 Å². The minimum Gasteiger partial charge on any atom is -0.382 e. The molecular weight excluding hydrogens is 232 g/mol. The fraction of sp³-hybridized carbons (Fsp3) is 0.462. The molecule has 1 aromatic rings. The van der Waals surface area contributed by atoms with E-state index >= 15 is 0 Å². The van der Waals surface area contributed by atoms with Crippen molar-refractivity contribution >= 4 is 17.3 Å². The highest BCUT2D eigenvalue weighted by molar-refractivity contribution is 5.91. The smallest absolute Gasteiger partial charge is 0.250 e. The zero-order valence-electron chi connectivity index (χ0n) is 11.1. The number of methoxy groups -OCH3 is 1. The Morgan fingerprint density at radius 3 is 2.44 bits per heavy atom. The number of anilines is 2. The van der Waals surface area contributed by atoms with Crippen LogP contribution in [0.5, 0.6) is 0 Å². The van der Waals surface area contributed by atoms with E-state index in [0.29, 0.717) is 13.2 Å². The monoisotopic (exact) mass is 252 g/mol. The van der Waals surface area contributed by atoms with Crippen molar-refractivity contribution in [2.24, 2.45) is 0 Å². The number of nitrogens with one attached hydrogen (secondary N) is 1. The summed E-state index contributed by atoms with van der Waals surface area (Å²) in [5.74, 6) is -0.163. The molecule has 0 spiro atoms. The molecule has 0 aromatic heterocycles. The molecule has 0 atom stereocenters. The summed E-state index contributed by atoms with van der Waals surface area (Å²) < 4.78 is 9.94. The number of ether oxygens (including phenoxy) is 2. The third-order valence-electron chi connectivity index (χ3n) is 2.33. The van der Waals surface area contributed by atoms with Gasteiger partial charge in [-0.1, -0.05) is 0 Å². The Bertz CT molecular complexity index is 363. The van der Waals surface area contributed by atoms with Gasteiger partial charge in [0.25, 0.3) is 0 Å². The van der Waals surface area contributed by atoms with E-state index in [4.69, 9.17) is 9.47 Å². The van der Waals surface area contributed by atoms with Crippen molar-refractivity contribution in [3.05, 3.63) is 24.3 Å². The Kier molecular flexibility index (Phi) is 6.18. The molecule has 0 aliphatic rings. The zero-order valence-corrected chi connectivity index (χ0v) is 11.1. The van der Waals surface area contributed by atoms with Gasteiger partial charge in [-0.05, 0) is 24.3 Å². The largest absolute Gasteiger partial charge is 0.382 e. The number of rotatable bonds is 7. The number of hydrogen-bond donors (Lipinski definition) is 1. The molecule has 0 aliphatic heterocycles. The zero-order chi connectivity index (χ0) is 13.4.